The first-order valence-electron chi connectivity index (χ1n) is 6.93. The van der Waals surface area contributed by atoms with Gasteiger partial charge >= 0.3 is 5.97 Å². The van der Waals surface area contributed by atoms with E-state index in [-0.39, 0.29) is 0 Å². The Morgan fingerprint density at radius 2 is 2.10 bits per heavy atom. The molecule has 0 bridgehead atoms. The third kappa shape index (κ3) is 3.62. The van der Waals surface area contributed by atoms with Gasteiger partial charge in [0.05, 0.1) is 13.3 Å². The van der Waals surface area contributed by atoms with Gasteiger partial charge in [-0.15, -0.1) is 0 Å². The summed E-state index contributed by atoms with van der Waals surface area (Å²) in [6, 6.07) is 2.16. The van der Waals surface area contributed by atoms with Crippen LogP contribution in [0.1, 0.15) is 50.4 Å². The van der Waals surface area contributed by atoms with Crippen molar-refractivity contribution in [3.8, 4) is 5.75 Å². The first-order valence-corrected chi connectivity index (χ1v) is 6.93. The number of hydrogen-bond donors (Lipinski definition) is 1. The topological polar surface area (TPSA) is 60.5 Å². The molecule has 0 aromatic carbocycles. The van der Waals surface area contributed by atoms with Crippen molar-refractivity contribution in [3.05, 3.63) is 17.8 Å². The number of nitrogens with one attached hydrogen (secondary N) is 1. The molecule has 0 radical (unpaired) electrons. The molecule has 2 rings (SSSR count). The van der Waals surface area contributed by atoms with Gasteiger partial charge in [-0.05, 0) is 46.1 Å². The fourth-order valence-electron chi connectivity index (χ4n) is 1.94. The summed E-state index contributed by atoms with van der Waals surface area (Å²) in [4.78, 5) is 16.5. The highest BCUT2D eigenvalue weighted by Gasteiger charge is 2.23. The number of methoxy groups -OCH3 is 1. The van der Waals surface area contributed by atoms with Gasteiger partial charge < -0.3 is 14.8 Å². The summed E-state index contributed by atoms with van der Waals surface area (Å²) in [5.41, 5.74) is -0.133. The Kier molecular flexibility index (Phi) is 4.16. The molecule has 110 valence electrons. The van der Waals surface area contributed by atoms with Gasteiger partial charge in [-0.3, -0.25) is 0 Å². The summed E-state index contributed by atoms with van der Waals surface area (Å²) in [5, 5.41) is 3.31. The first kappa shape index (κ1) is 14.6. The van der Waals surface area contributed by atoms with Crippen LogP contribution < -0.4 is 10.1 Å². The molecule has 5 heteroatoms. The highest BCUT2D eigenvalue weighted by molar-refractivity contribution is 5.93. The average molecular weight is 278 g/mol. The Morgan fingerprint density at radius 1 is 1.40 bits per heavy atom. The lowest BCUT2D eigenvalue weighted by molar-refractivity contribution is 0.00664. The molecule has 0 amide bonds. The van der Waals surface area contributed by atoms with Crippen molar-refractivity contribution in [2.24, 2.45) is 0 Å². The molecule has 20 heavy (non-hydrogen) atoms. The second-order valence-corrected chi connectivity index (χ2v) is 6.04. The fraction of sp³-hybridized carbons (Fsp3) is 0.600. The van der Waals surface area contributed by atoms with Gasteiger partial charge in [0, 0.05) is 6.04 Å². The fourth-order valence-corrected chi connectivity index (χ4v) is 1.94. The molecule has 0 aliphatic heterocycles. The van der Waals surface area contributed by atoms with Crippen LogP contribution in [0.25, 0.3) is 0 Å². The number of nitrogens with zero attached hydrogens (tertiary/aromatic N) is 1. The number of carbonyl (C=O) groups is 1. The Bertz CT molecular complexity index is 490. The summed E-state index contributed by atoms with van der Waals surface area (Å²) in [7, 11) is 1.52. The van der Waals surface area contributed by atoms with Crippen molar-refractivity contribution >= 4 is 11.8 Å². The van der Waals surface area contributed by atoms with Crippen LogP contribution >= 0.6 is 0 Å². The van der Waals surface area contributed by atoms with E-state index in [0.29, 0.717) is 23.2 Å². The third-order valence-electron chi connectivity index (χ3n) is 3.16. The molecule has 1 aromatic rings. The molecular weight excluding hydrogens is 256 g/mol. The van der Waals surface area contributed by atoms with Crippen LogP contribution in [0.15, 0.2) is 12.3 Å². The highest BCUT2D eigenvalue weighted by atomic mass is 16.6. The van der Waals surface area contributed by atoms with E-state index in [1.807, 2.05) is 20.8 Å². The van der Waals surface area contributed by atoms with Crippen LogP contribution in [0.5, 0.6) is 5.75 Å². The van der Waals surface area contributed by atoms with Crippen molar-refractivity contribution in [2.45, 2.75) is 51.7 Å². The minimum Gasteiger partial charge on any atom is -0.494 e. The third-order valence-corrected chi connectivity index (χ3v) is 3.16. The maximum Gasteiger partial charge on any atom is 0.342 e. The predicted molar refractivity (Wildman–Crippen MR) is 77.2 cm³/mol. The van der Waals surface area contributed by atoms with Crippen LogP contribution in [-0.4, -0.2) is 29.7 Å². The quantitative estimate of drug-likeness (QED) is 0.858. The second-order valence-electron chi connectivity index (χ2n) is 6.04. The Morgan fingerprint density at radius 3 is 2.60 bits per heavy atom. The van der Waals surface area contributed by atoms with Crippen molar-refractivity contribution in [1.82, 2.24) is 4.98 Å². The molecule has 1 aliphatic rings. The van der Waals surface area contributed by atoms with Gasteiger partial charge in [0.15, 0.2) is 5.75 Å². The van der Waals surface area contributed by atoms with Crippen molar-refractivity contribution in [3.63, 3.8) is 0 Å². The predicted octanol–water partition coefficient (Wildman–Crippen LogP) is 3.01. The highest BCUT2D eigenvalue weighted by Crippen LogP contribution is 2.26. The lowest BCUT2D eigenvalue weighted by atomic mass is 9.93. The van der Waals surface area contributed by atoms with E-state index >= 15 is 0 Å². The summed E-state index contributed by atoms with van der Waals surface area (Å²) >= 11 is 0. The first-order chi connectivity index (χ1) is 9.39. The molecule has 1 saturated carbocycles. The molecule has 0 unspecified atom stereocenters. The molecule has 0 atom stereocenters. The van der Waals surface area contributed by atoms with Crippen LogP contribution in [0.4, 0.5) is 5.82 Å². The SMILES string of the molecule is COc1cnc(NC2CCC2)cc1C(=O)OC(C)(C)C. The summed E-state index contributed by atoms with van der Waals surface area (Å²) in [6.45, 7) is 5.52. The molecule has 1 fully saturated rings. The maximum atomic E-state index is 12.2. The number of aromatic nitrogens is 1. The number of ether oxygens (including phenoxy) is 2. The van der Waals surface area contributed by atoms with Gasteiger partial charge in [-0.2, -0.15) is 0 Å². The zero-order valence-electron chi connectivity index (χ0n) is 12.5. The molecule has 0 saturated heterocycles. The molecule has 1 N–H and O–H groups in total. The minimum atomic E-state index is -0.535. The number of pyridine rings is 1. The standard InChI is InChI=1S/C15H22N2O3/c1-15(2,3)20-14(18)11-8-13(16-9-12(11)19-4)17-10-6-5-7-10/h8-10H,5-7H2,1-4H3,(H,16,17). The van der Waals surface area contributed by atoms with E-state index in [2.05, 4.69) is 10.3 Å². The summed E-state index contributed by atoms with van der Waals surface area (Å²) < 4.78 is 10.6. The second kappa shape index (κ2) is 5.69. The molecule has 1 heterocycles. The van der Waals surface area contributed by atoms with Crippen LogP contribution in [0, 0.1) is 0 Å². The van der Waals surface area contributed by atoms with E-state index in [9.17, 15) is 4.79 Å². The number of carbonyl (C=O) groups excluding carboxylic acids is 1. The van der Waals surface area contributed by atoms with Gasteiger partial charge in [0.2, 0.25) is 0 Å². The van der Waals surface area contributed by atoms with Gasteiger partial charge in [-0.25, -0.2) is 9.78 Å². The van der Waals surface area contributed by atoms with Gasteiger partial charge in [0.1, 0.15) is 17.0 Å². The molecule has 5 nitrogen and oxygen atoms in total. The smallest absolute Gasteiger partial charge is 0.342 e. The van der Waals surface area contributed by atoms with E-state index in [1.54, 1.807) is 12.3 Å². The maximum absolute atomic E-state index is 12.2. The molecule has 1 aliphatic carbocycles. The van der Waals surface area contributed by atoms with Crippen molar-refractivity contribution < 1.29 is 14.3 Å². The van der Waals surface area contributed by atoms with E-state index < -0.39 is 11.6 Å². The average Bonchev–Trinajstić information content (AvgIpc) is 2.31. The molecule has 0 spiro atoms. The minimum absolute atomic E-state index is 0.395. The summed E-state index contributed by atoms with van der Waals surface area (Å²) in [6.07, 6.45) is 5.10. The number of rotatable bonds is 4. The van der Waals surface area contributed by atoms with E-state index in [0.717, 1.165) is 12.8 Å². The summed E-state index contributed by atoms with van der Waals surface area (Å²) in [5.74, 6) is 0.725. The van der Waals surface area contributed by atoms with Crippen molar-refractivity contribution in [2.75, 3.05) is 12.4 Å². The molecule has 1 aromatic heterocycles. The monoisotopic (exact) mass is 278 g/mol. The Balaban J connectivity index is 2.19. The molecular formula is C15H22N2O3. The number of esters is 1. The van der Waals surface area contributed by atoms with Crippen LogP contribution in [0.3, 0.4) is 0 Å². The lowest BCUT2D eigenvalue weighted by Gasteiger charge is -2.27. The van der Waals surface area contributed by atoms with Crippen molar-refractivity contribution in [1.29, 1.82) is 0 Å². The lowest BCUT2D eigenvalue weighted by Crippen LogP contribution is -2.28. The normalized spacial score (nSPS) is 15.4. The zero-order valence-corrected chi connectivity index (χ0v) is 12.5. The van der Waals surface area contributed by atoms with Gasteiger partial charge in [-0.1, -0.05) is 0 Å². The number of hydrogen-bond acceptors (Lipinski definition) is 5. The van der Waals surface area contributed by atoms with E-state index in [4.69, 9.17) is 9.47 Å². The zero-order chi connectivity index (χ0) is 14.8. The van der Waals surface area contributed by atoms with E-state index in [1.165, 1.54) is 13.5 Å². The Labute approximate surface area is 119 Å². The largest absolute Gasteiger partial charge is 0.494 e. The number of anilines is 1. The van der Waals surface area contributed by atoms with Crippen LogP contribution in [-0.2, 0) is 4.74 Å². The Hall–Kier alpha value is -1.78. The van der Waals surface area contributed by atoms with Gasteiger partial charge in [0.25, 0.3) is 0 Å². The van der Waals surface area contributed by atoms with Crippen LogP contribution in [0.2, 0.25) is 0 Å².